The Labute approximate surface area is 180 Å². The van der Waals surface area contributed by atoms with Crippen LogP contribution in [0.5, 0.6) is 0 Å². The molecule has 1 aliphatic carbocycles. The second-order valence-electron chi connectivity index (χ2n) is 8.18. The monoisotopic (exact) mass is 443 g/mol. The van der Waals surface area contributed by atoms with Crippen LogP contribution in [0.4, 0.5) is 28.0 Å². The number of nitrogens with one attached hydrogen (secondary N) is 2. The van der Waals surface area contributed by atoms with E-state index in [9.17, 15) is 22.8 Å². The van der Waals surface area contributed by atoms with Crippen molar-refractivity contribution >= 4 is 17.6 Å². The lowest BCUT2D eigenvalue weighted by Crippen LogP contribution is -2.59. The third kappa shape index (κ3) is 3.27. The highest BCUT2D eigenvalue weighted by molar-refractivity contribution is 5.98. The molecule has 0 bridgehead atoms. The van der Waals surface area contributed by atoms with E-state index in [4.69, 9.17) is 0 Å². The summed E-state index contributed by atoms with van der Waals surface area (Å²) in [7, 11) is 0. The molecule has 5 nitrogen and oxygen atoms in total. The summed E-state index contributed by atoms with van der Waals surface area (Å²) in [4.78, 5) is 26.1. The van der Waals surface area contributed by atoms with Crippen molar-refractivity contribution in [3.63, 3.8) is 0 Å². The molecule has 0 radical (unpaired) electrons. The fraction of sp³-hybridized carbons (Fsp3) is 0.304. The summed E-state index contributed by atoms with van der Waals surface area (Å²) in [5.41, 5.74) is -2.40. The minimum atomic E-state index is -4.97. The topological polar surface area (TPSA) is 61.4 Å². The van der Waals surface area contributed by atoms with E-state index in [1.807, 2.05) is 5.32 Å². The number of nitrogens with zero attached hydrogens (tertiary/aromatic N) is 1. The van der Waals surface area contributed by atoms with E-state index in [1.165, 1.54) is 4.90 Å². The van der Waals surface area contributed by atoms with Gasteiger partial charge in [-0.1, -0.05) is 30.0 Å². The van der Waals surface area contributed by atoms with E-state index in [2.05, 4.69) is 17.2 Å². The third-order valence-corrected chi connectivity index (χ3v) is 5.86. The second kappa shape index (κ2) is 6.99. The molecule has 0 saturated heterocycles. The zero-order chi connectivity index (χ0) is 22.7. The summed E-state index contributed by atoms with van der Waals surface area (Å²) < 4.78 is 57.5. The molecule has 3 aliphatic rings. The van der Waals surface area contributed by atoms with E-state index >= 15 is 4.39 Å². The molecule has 2 aliphatic heterocycles. The molecule has 0 unspecified atom stereocenters. The zero-order valence-corrected chi connectivity index (χ0v) is 16.6. The first-order valence-electron chi connectivity index (χ1n) is 10.1. The van der Waals surface area contributed by atoms with Gasteiger partial charge in [0.05, 0.1) is 0 Å². The average Bonchev–Trinajstić information content (AvgIpc) is 3.51. The summed E-state index contributed by atoms with van der Waals surface area (Å²) in [5, 5.41) is 4.19. The Balaban J connectivity index is 1.54. The van der Waals surface area contributed by atoms with E-state index < -0.39 is 29.1 Å². The van der Waals surface area contributed by atoms with Crippen molar-refractivity contribution in [3.8, 4) is 11.8 Å². The number of fused-ring (bicyclic) bond motifs is 2. The maximum Gasteiger partial charge on any atom is 0.427 e. The zero-order valence-electron chi connectivity index (χ0n) is 16.6. The van der Waals surface area contributed by atoms with Crippen molar-refractivity contribution in [1.82, 2.24) is 10.2 Å². The molecule has 9 heteroatoms. The quantitative estimate of drug-likeness (QED) is 0.538. The van der Waals surface area contributed by atoms with Crippen LogP contribution in [-0.4, -0.2) is 23.0 Å². The van der Waals surface area contributed by atoms with Gasteiger partial charge in [-0.25, -0.2) is 9.18 Å². The number of hydrogen-bond acceptors (Lipinski definition) is 2. The molecule has 3 amide bonds. The smallest absolute Gasteiger partial charge is 0.330 e. The van der Waals surface area contributed by atoms with E-state index in [-0.39, 0.29) is 36.2 Å². The molecule has 2 aromatic carbocycles. The Morgan fingerprint density at radius 3 is 2.59 bits per heavy atom. The first-order valence-corrected chi connectivity index (χ1v) is 10.1. The molecule has 0 spiro atoms. The highest BCUT2D eigenvalue weighted by atomic mass is 19.4. The van der Waals surface area contributed by atoms with Gasteiger partial charge >= 0.3 is 12.2 Å². The number of carbonyl (C=O) groups excluding carboxylic acids is 2. The highest BCUT2D eigenvalue weighted by Crippen LogP contribution is 2.45. The maximum atomic E-state index is 15.0. The van der Waals surface area contributed by atoms with Crippen molar-refractivity contribution in [1.29, 1.82) is 0 Å². The predicted molar refractivity (Wildman–Crippen MR) is 107 cm³/mol. The van der Waals surface area contributed by atoms with E-state index in [1.54, 1.807) is 24.3 Å². The van der Waals surface area contributed by atoms with Gasteiger partial charge in [0, 0.05) is 41.4 Å². The van der Waals surface area contributed by atoms with Crippen LogP contribution in [-0.2, 0) is 18.6 Å². The normalized spacial score (nSPS) is 21.8. The predicted octanol–water partition coefficient (Wildman–Crippen LogP) is 4.29. The second-order valence-corrected chi connectivity index (χ2v) is 8.18. The Morgan fingerprint density at radius 1 is 1.16 bits per heavy atom. The summed E-state index contributed by atoms with van der Waals surface area (Å²) in [6, 6.07) is 7.79. The van der Waals surface area contributed by atoms with Crippen LogP contribution < -0.4 is 10.6 Å². The van der Waals surface area contributed by atoms with Crippen LogP contribution >= 0.6 is 0 Å². The van der Waals surface area contributed by atoms with Crippen LogP contribution in [0.25, 0.3) is 0 Å². The Hall–Kier alpha value is -3.54. The molecule has 1 atom stereocenters. The van der Waals surface area contributed by atoms with Gasteiger partial charge in [0.1, 0.15) is 5.82 Å². The molecular weight excluding hydrogens is 426 g/mol. The molecule has 2 aromatic rings. The molecule has 2 heterocycles. The summed E-state index contributed by atoms with van der Waals surface area (Å²) in [6.45, 7) is 0.113. The molecule has 32 heavy (non-hydrogen) atoms. The fourth-order valence-electron chi connectivity index (χ4n) is 4.02. The number of alkyl halides is 3. The summed E-state index contributed by atoms with van der Waals surface area (Å²) in [5.74, 6) is 3.39. The van der Waals surface area contributed by atoms with Crippen molar-refractivity contribution in [2.24, 2.45) is 5.92 Å². The van der Waals surface area contributed by atoms with Crippen LogP contribution in [0.1, 0.15) is 39.9 Å². The molecule has 1 saturated carbocycles. The van der Waals surface area contributed by atoms with Gasteiger partial charge in [-0.15, -0.1) is 0 Å². The highest BCUT2D eigenvalue weighted by Gasteiger charge is 2.59. The van der Waals surface area contributed by atoms with Crippen LogP contribution in [0.3, 0.4) is 0 Å². The van der Waals surface area contributed by atoms with Crippen LogP contribution in [0, 0.1) is 23.6 Å². The SMILES string of the molecule is O=C1Nc2cc(CN3Cc4ccccc4C3=O)c(F)cc2[C@@](C#CC2CC2)(C(F)(F)F)N1. The largest absolute Gasteiger partial charge is 0.427 e. The fourth-order valence-corrected chi connectivity index (χ4v) is 4.02. The molecule has 164 valence electrons. The minimum Gasteiger partial charge on any atom is -0.330 e. The number of carbonyl (C=O) groups is 2. The summed E-state index contributed by atoms with van der Waals surface area (Å²) >= 11 is 0. The lowest BCUT2D eigenvalue weighted by Gasteiger charge is -2.37. The lowest BCUT2D eigenvalue weighted by atomic mass is 9.85. The third-order valence-electron chi connectivity index (χ3n) is 5.86. The number of anilines is 1. The van der Waals surface area contributed by atoms with Gasteiger partial charge in [0.25, 0.3) is 5.91 Å². The van der Waals surface area contributed by atoms with E-state index in [0.29, 0.717) is 18.4 Å². The van der Waals surface area contributed by atoms with Gasteiger partial charge in [0.2, 0.25) is 5.54 Å². The van der Waals surface area contributed by atoms with Gasteiger partial charge in [-0.3, -0.25) is 4.79 Å². The molecule has 5 rings (SSSR count). The minimum absolute atomic E-state index is 0.00154. The number of benzene rings is 2. The Bertz CT molecular complexity index is 1210. The van der Waals surface area contributed by atoms with Crippen molar-refractivity contribution in [2.75, 3.05) is 5.32 Å². The Morgan fingerprint density at radius 2 is 1.91 bits per heavy atom. The molecule has 2 N–H and O–H groups in total. The number of halogens is 4. The van der Waals surface area contributed by atoms with Crippen molar-refractivity contribution in [3.05, 3.63) is 64.5 Å². The molecule has 1 fully saturated rings. The first-order chi connectivity index (χ1) is 15.2. The average molecular weight is 443 g/mol. The van der Waals surface area contributed by atoms with E-state index in [0.717, 1.165) is 17.7 Å². The summed E-state index contributed by atoms with van der Waals surface area (Å²) in [6.07, 6.45) is -3.58. The van der Waals surface area contributed by atoms with Crippen LogP contribution in [0.2, 0.25) is 0 Å². The van der Waals surface area contributed by atoms with Gasteiger partial charge in [-0.05, 0) is 36.6 Å². The van der Waals surface area contributed by atoms with Gasteiger partial charge in [0.15, 0.2) is 0 Å². The standard InChI is InChI=1S/C23H17F4N3O2/c24-18-10-17-19(9-15(18)12-30-11-14-3-1-2-4-16(14)20(30)31)28-21(32)29-22(17,23(25,26)27)8-7-13-5-6-13/h1-4,9-10,13H,5-6,11-12H2,(H2,28,29,32)/t22-/m0/s1. The van der Waals surface area contributed by atoms with Gasteiger partial charge in [-0.2, -0.15) is 13.2 Å². The van der Waals surface area contributed by atoms with Crippen molar-refractivity contribution in [2.45, 2.75) is 37.6 Å². The number of hydrogen-bond donors (Lipinski definition) is 2. The Kier molecular flexibility index (Phi) is 4.45. The van der Waals surface area contributed by atoms with Crippen molar-refractivity contribution < 1.29 is 27.2 Å². The molecular formula is C23H17F4N3O2. The van der Waals surface area contributed by atoms with Gasteiger partial charge < -0.3 is 15.5 Å². The van der Waals surface area contributed by atoms with Crippen LogP contribution in [0.15, 0.2) is 36.4 Å². The number of rotatable bonds is 2. The first kappa shape index (κ1) is 20.4. The maximum absolute atomic E-state index is 15.0. The molecule has 0 aromatic heterocycles. The lowest BCUT2D eigenvalue weighted by molar-refractivity contribution is -0.178. The number of amides is 3. The number of urea groups is 1.